The van der Waals surface area contributed by atoms with Crippen molar-refractivity contribution in [2.24, 2.45) is 0 Å². The maximum atomic E-state index is 13.2. The summed E-state index contributed by atoms with van der Waals surface area (Å²) in [5.41, 5.74) is 0. The first-order valence-corrected chi connectivity index (χ1v) is 10.9. The Morgan fingerprint density at radius 2 is 0.857 bits per heavy atom. The lowest BCUT2D eigenvalue weighted by molar-refractivity contribution is -0.168. The second-order valence-corrected chi connectivity index (χ2v) is 8.49. The molecule has 0 aromatic rings. The van der Waals surface area contributed by atoms with Gasteiger partial charge in [-0.1, -0.05) is 13.8 Å². The van der Waals surface area contributed by atoms with Gasteiger partial charge in [0.2, 0.25) is 0 Å². The fraction of sp³-hybridized carbons (Fsp3) is 0.909. The largest absolute Gasteiger partial charge is 0.464 e. The molecule has 0 amide bonds. The molecule has 0 aromatic heterocycles. The van der Waals surface area contributed by atoms with Crippen molar-refractivity contribution >= 4 is 11.9 Å². The van der Waals surface area contributed by atoms with Crippen molar-refractivity contribution in [3.05, 3.63) is 0 Å². The third kappa shape index (κ3) is 7.70. The maximum Gasteiger partial charge on any atom is 0.325 e. The Morgan fingerprint density at radius 1 is 0.607 bits per heavy atom. The highest BCUT2D eigenvalue weighted by atomic mass is 16.5. The van der Waals surface area contributed by atoms with Crippen molar-refractivity contribution in [3.63, 3.8) is 0 Å². The van der Waals surface area contributed by atoms with Crippen LogP contribution in [0.25, 0.3) is 0 Å². The highest BCUT2D eigenvalue weighted by molar-refractivity contribution is 5.87. The molecule has 0 aliphatic rings. The summed E-state index contributed by atoms with van der Waals surface area (Å²) in [6.07, 6.45) is 1.48. The Hall–Kier alpha value is -1.14. The molecular formula is C22H44N2O4. The van der Waals surface area contributed by atoms with Crippen LogP contribution in [0.1, 0.15) is 82.1 Å². The summed E-state index contributed by atoms with van der Waals surface area (Å²) < 4.78 is 11.1. The lowest BCUT2D eigenvalue weighted by Gasteiger charge is -2.45. The number of rotatable bonds is 13. The number of hydrogen-bond donors (Lipinski definition) is 0. The summed E-state index contributed by atoms with van der Waals surface area (Å²) in [4.78, 5) is 30.6. The second-order valence-electron chi connectivity index (χ2n) is 8.49. The van der Waals surface area contributed by atoms with E-state index >= 15 is 0 Å². The third-order valence-electron chi connectivity index (χ3n) is 4.71. The van der Waals surface area contributed by atoms with Crippen LogP contribution >= 0.6 is 0 Å². The Morgan fingerprint density at radius 3 is 1.04 bits per heavy atom. The van der Waals surface area contributed by atoms with Crippen LogP contribution in [0.15, 0.2) is 0 Å². The molecule has 0 saturated carbocycles. The molecule has 0 radical (unpaired) electrons. The summed E-state index contributed by atoms with van der Waals surface area (Å²) in [5, 5.41) is 0. The Labute approximate surface area is 172 Å². The highest BCUT2D eigenvalue weighted by Gasteiger charge is 2.46. The minimum atomic E-state index is -0.722. The van der Waals surface area contributed by atoms with Crippen LogP contribution < -0.4 is 0 Å². The minimum Gasteiger partial charge on any atom is -0.464 e. The zero-order valence-electron chi connectivity index (χ0n) is 19.8. The molecule has 2 unspecified atom stereocenters. The molecule has 0 heterocycles. The van der Waals surface area contributed by atoms with E-state index in [4.69, 9.17) is 9.47 Å². The van der Waals surface area contributed by atoms with Crippen LogP contribution in [0.4, 0.5) is 0 Å². The van der Waals surface area contributed by atoms with Gasteiger partial charge >= 0.3 is 11.9 Å². The Kier molecular flexibility index (Phi) is 12.6. The number of nitrogens with zero attached hydrogens (tertiary/aromatic N) is 2. The zero-order chi connectivity index (χ0) is 22.0. The third-order valence-corrected chi connectivity index (χ3v) is 4.71. The van der Waals surface area contributed by atoms with Crippen molar-refractivity contribution in [1.82, 2.24) is 9.80 Å². The summed E-state index contributed by atoms with van der Waals surface area (Å²) in [6, 6.07) is -1.16. The first-order valence-electron chi connectivity index (χ1n) is 10.9. The lowest BCUT2D eigenvalue weighted by Crippen LogP contribution is -2.65. The monoisotopic (exact) mass is 400 g/mol. The fourth-order valence-electron chi connectivity index (χ4n) is 3.88. The van der Waals surface area contributed by atoms with Crippen LogP contribution in [0, 0.1) is 0 Å². The number of esters is 2. The molecule has 166 valence electrons. The van der Waals surface area contributed by atoms with Gasteiger partial charge in [-0.3, -0.25) is 19.4 Å². The summed E-state index contributed by atoms with van der Waals surface area (Å²) in [6.45, 7) is 21.0. The molecule has 0 bridgehead atoms. The molecule has 0 N–H and O–H groups in total. The summed E-state index contributed by atoms with van der Waals surface area (Å²) in [5.74, 6) is -0.706. The van der Waals surface area contributed by atoms with Gasteiger partial charge in [-0.05, 0) is 68.2 Å². The van der Waals surface area contributed by atoms with Crippen LogP contribution in [-0.4, -0.2) is 71.2 Å². The molecule has 2 atom stereocenters. The highest BCUT2D eigenvalue weighted by Crippen LogP contribution is 2.24. The molecule has 0 spiro atoms. The Bertz CT molecular complexity index is 405. The van der Waals surface area contributed by atoms with E-state index in [0.717, 1.165) is 12.8 Å². The van der Waals surface area contributed by atoms with E-state index in [0.29, 0.717) is 13.2 Å². The van der Waals surface area contributed by atoms with Gasteiger partial charge < -0.3 is 9.47 Å². The molecule has 0 aliphatic heterocycles. The number of carbonyl (C=O) groups is 2. The van der Waals surface area contributed by atoms with E-state index < -0.39 is 12.1 Å². The molecule has 0 aromatic carbocycles. The van der Waals surface area contributed by atoms with Gasteiger partial charge in [-0.25, -0.2) is 0 Å². The molecule has 6 nitrogen and oxygen atoms in total. The smallest absolute Gasteiger partial charge is 0.325 e. The lowest BCUT2D eigenvalue weighted by atomic mass is 9.98. The van der Waals surface area contributed by atoms with E-state index in [1.54, 1.807) is 0 Å². The predicted molar refractivity (Wildman–Crippen MR) is 114 cm³/mol. The first kappa shape index (κ1) is 26.9. The SMILES string of the molecule is CCCOC(=O)C(C(C(=O)OCCC)N(C(C)C)C(C)C)N(C(C)C)C(C)C. The van der Waals surface area contributed by atoms with Gasteiger partial charge in [0, 0.05) is 24.2 Å². The fourth-order valence-corrected chi connectivity index (χ4v) is 3.88. The average Bonchev–Trinajstić information content (AvgIpc) is 2.58. The number of ether oxygens (including phenoxy) is 2. The van der Waals surface area contributed by atoms with Crippen molar-refractivity contribution in [1.29, 1.82) is 0 Å². The van der Waals surface area contributed by atoms with Crippen LogP contribution in [-0.2, 0) is 19.1 Å². The van der Waals surface area contributed by atoms with Gasteiger partial charge in [0.25, 0.3) is 0 Å². The number of carbonyl (C=O) groups excluding carboxylic acids is 2. The number of hydrogen-bond acceptors (Lipinski definition) is 6. The topological polar surface area (TPSA) is 59.1 Å². The average molecular weight is 401 g/mol. The first-order chi connectivity index (χ1) is 13.0. The van der Waals surface area contributed by atoms with E-state index in [2.05, 4.69) is 9.80 Å². The van der Waals surface area contributed by atoms with Gasteiger partial charge in [0.15, 0.2) is 0 Å². The quantitative estimate of drug-likeness (QED) is 0.438. The van der Waals surface area contributed by atoms with Crippen LogP contribution in [0.5, 0.6) is 0 Å². The van der Waals surface area contributed by atoms with Crippen LogP contribution in [0.2, 0.25) is 0 Å². The van der Waals surface area contributed by atoms with E-state index in [-0.39, 0.29) is 36.1 Å². The molecule has 0 aliphatic carbocycles. The van der Waals surface area contributed by atoms with Gasteiger partial charge in [-0.2, -0.15) is 0 Å². The molecule has 6 heteroatoms. The van der Waals surface area contributed by atoms with Crippen LogP contribution in [0.3, 0.4) is 0 Å². The Balaban J connectivity index is 6.37. The normalized spacial score (nSPS) is 14.4. The van der Waals surface area contributed by atoms with E-state index in [1.807, 2.05) is 69.2 Å². The molecule has 28 heavy (non-hydrogen) atoms. The molecule has 0 fully saturated rings. The molecule has 0 rings (SSSR count). The van der Waals surface area contributed by atoms with Crippen molar-refractivity contribution in [2.75, 3.05) is 13.2 Å². The van der Waals surface area contributed by atoms with Crippen molar-refractivity contribution < 1.29 is 19.1 Å². The predicted octanol–water partition coefficient (Wildman–Crippen LogP) is 3.87. The van der Waals surface area contributed by atoms with E-state index in [1.165, 1.54) is 0 Å². The molecular weight excluding hydrogens is 356 g/mol. The zero-order valence-corrected chi connectivity index (χ0v) is 19.8. The van der Waals surface area contributed by atoms with Crippen molar-refractivity contribution in [2.45, 2.75) is 118 Å². The standard InChI is InChI=1S/C22H44N2O4/c1-11-13-27-21(25)19(23(15(3)4)16(5)6)20(22(26)28-14-12-2)24(17(7)8)18(9)10/h15-20H,11-14H2,1-10H3. The second kappa shape index (κ2) is 13.2. The van der Waals surface area contributed by atoms with E-state index in [9.17, 15) is 9.59 Å². The van der Waals surface area contributed by atoms with Crippen molar-refractivity contribution in [3.8, 4) is 0 Å². The van der Waals surface area contributed by atoms with Gasteiger partial charge in [0.05, 0.1) is 13.2 Å². The van der Waals surface area contributed by atoms with Gasteiger partial charge in [-0.15, -0.1) is 0 Å². The molecule has 0 saturated heterocycles. The minimum absolute atomic E-state index is 0.0711. The maximum absolute atomic E-state index is 13.2. The van der Waals surface area contributed by atoms with Gasteiger partial charge in [0.1, 0.15) is 12.1 Å². The summed E-state index contributed by atoms with van der Waals surface area (Å²) >= 11 is 0. The summed E-state index contributed by atoms with van der Waals surface area (Å²) in [7, 11) is 0.